The number of hydrogen-bond donors (Lipinski definition) is 1. The molecule has 1 aliphatic heterocycles. The molecule has 0 aromatic heterocycles. The predicted molar refractivity (Wildman–Crippen MR) is 75.0 cm³/mol. The maximum atomic E-state index is 5.69. The van der Waals surface area contributed by atoms with Crippen molar-refractivity contribution in [1.29, 1.82) is 0 Å². The van der Waals surface area contributed by atoms with Gasteiger partial charge in [0.05, 0.1) is 12.7 Å². The number of hydrogen-bond acceptors (Lipinski definition) is 4. The summed E-state index contributed by atoms with van der Waals surface area (Å²) in [6.07, 6.45) is 2.80. The molecule has 1 aliphatic rings. The van der Waals surface area contributed by atoms with Crippen molar-refractivity contribution in [1.82, 2.24) is 10.2 Å². The Kier molecular flexibility index (Phi) is 6.57. The molecule has 1 fully saturated rings. The van der Waals surface area contributed by atoms with E-state index < -0.39 is 0 Å². The van der Waals surface area contributed by atoms with E-state index >= 15 is 0 Å². The minimum absolute atomic E-state index is 0.149. The molecule has 1 rings (SSSR count). The number of ether oxygens (including phenoxy) is 2. The van der Waals surface area contributed by atoms with Crippen LogP contribution in [0.1, 0.15) is 33.6 Å². The molecular weight excluding hydrogens is 228 g/mol. The third kappa shape index (κ3) is 6.14. The summed E-state index contributed by atoms with van der Waals surface area (Å²) in [5, 5.41) is 3.55. The quantitative estimate of drug-likeness (QED) is 0.750. The van der Waals surface area contributed by atoms with Gasteiger partial charge in [-0.1, -0.05) is 0 Å². The van der Waals surface area contributed by atoms with Crippen LogP contribution in [0.3, 0.4) is 0 Å². The number of rotatable bonds is 7. The summed E-state index contributed by atoms with van der Waals surface area (Å²) in [6, 6.07) is 0.401. The largest absolute Gasteiger partial charge is 0.383 e. The lowest BCUT2D eigenvalue weighted by Crippen LogP contribution is -2.49. The molecule has 1 saturated heterocycles. The molecule has 0 spiro atoms. The van der Waals surface area contributed by atoms with E-state index in [0.717, 1.165) is 26.3 Å². The molecule has 0 aromatic rings. The highest BCUT2D eigenvalue weighted by atomic mass is 16.5. The standard InChI is InChI=1S/C14H30N2O2/c1-14(2,3)15-9-12(11-17-5)16(4)10-13-7-6-8-18-13/h12-13,15H,6-11H2,1-5H3. The SMILES string of the molecule is COCC(CNC(C)(C)C)N(C)CC1CCCO1. The average Bonchev–Trinajstić information content (AvgIpc) is 2.75. The van der Waals surface area contributed by atoms with Gasteiger partial charge in [-0.3, -0.25) is 4.90 Å². The van der Waals surface area contributed by atoms with Gasteiger partial charge in [-0.25, -0.2) is 0 Å². The highest BCUT2D eigenvalue weighted by Crippen LogP contribution is 2.14. The van der Waals surface area contributed by atoms with Crippen molar-refractivity contribution in [2.45, 2.75) is 51.3 Å². The first-order chi connectivity index (χ1) is 8.42. The van der Waals surface area contributed by atoms with Gasteiger partial charge in [0.25, 0.3) is 0 Å². The Hall–Kier alpha value is -0.160. The fraction of sp³-hybridized carbons (Fsp3) is 1.00. The third-order valence-electron chi connectivity index (χ3n) is 3.37. The third-order valence-corrected chi connectivity index (χ3v) is 3.37. The molecule has 108 valence electrons. The van der Waals surface area contributed by atoms with Crippen LogP contribution in [0.25, 0.3) is 0 Å². The Balaban J connectivity index is 2.38. The van der Waals surface area contributed by atoms with Gasteiger partial charge in [0.2, 0.25) is 0 Å². The monoisotopic (exact) mass is 258 g/mol. The lowest BCUT2D eigenvalue weighted by Gasteiger charge is -2.32. The van der Waals surface area contributed by atoms with Gasteiger partial charge in [-0.15, -0.1) is 0 Å². The minimum Gasteiger partial charge on any atom is -0.383 e. The molecule has 1 heterocycles. The summed E-state index contributed by atoms with van der Waals surface area (Å²) in [4.78, 5) is 2.36. The molecular formula is C14H30N2O2. The van der Waals surface area contributed by atoms with Crippen LogP contribution in [0.4, 0.5) is 0 Å². The topological polar surface area (TPSA) is 33.7 Å². The van der Waals surface area contributed by atoms with Crippen LogP contribution in [0.5, 0.6) is 0 Å². The van der Waals surface area contributed by atoms with Crippen molar-refractivity contribution >= 4 is 0 Å². The van der Waals surface area contributed by atoms with E-state index in [9.17, 15) is 0 Å². The summed E-state index contributed by atoms with van der Waals surface area (Å²) in [7, 11) is 3.93. The lowest BCUT2D eigenvalue weighted by atomic mass is 10.1. The molecule has 0 aliphatic carbocycles. The van der Waals surface area contributed by atoms with Crippen LogP contribution in [0, 0.1) is 0 Å². The van der Waals surface area contributed by atoms with Crippen LogP contribution in [-0.4, -0.2) is 63.0 Å². The molecule has 0 radical (unpaired) electrons. The van der Waals surface area contributed by atoms with Gasteiger partial charge in [-0.2, -0.15) is 0 Å². The molecule has 0 saturated carbocycles. The smallest absolute Gasteiger partial charge is 0.0702 e. The first kappa shape index (κ1) is 15.9. The van der Waals surface area contributed by atoms with E-state index in [2.05, 4.69) is 38.0 Å². The maximum absolute atomic E-state index is 5.69. The second kappa shape index (κ2) is 7.43. The summed E-state index contributed by atoms with van der Waals surface area (Å²) >= 11 is 0. The van der Waals surface area contributed by atoms with Crippen molar-refractivity contribution in [3.63, 3.8) is 0 Å². The fourth-order valence-electron chi connectivity index (χ4n) is 2.22. The number of nitrogens with one attached hydrogen (secondary N) is 1. The lowest BCUT2D eigenvalue weighted by molar-refractivity contribution is 0.0443. The first-order valence-electron chi connectivity index (χ1n) is 6.98. The molecule has 0 amide bonds. The molecule has 4 heteroatoms. The van der Waals surface area contributed by atoms with Crippen LogP contribution in [0.2, 0.25) is 0 Å². The van der Waals surface area contributed by atoms with Gasteiger partial charge in [0.1, 0.15) is 0 Å². The van der Waals surface area contributed by atoms with Crippen LogP contribution in [-0.2, 0) is 9.47 Å². The molecule has 2 atom stereocenters. The van der Waals surface area contributed by atoms with Crippen molar-refractivity contribution in [2.75, 3.05) is 40.5 Å². The van der Waals surface area contributed by atoms with E-state index in [1.807, 2.05) is 0 Å². The maximum Gasteiger partial charge on any atom is 0.0702 e. The van der Waals surface area contributed by atoms with Crippen molar-refractivity contribution < 1.29 is 9.47 Å². The van der Waals surface area contributed by atoms with Crippen molar-refractivity contribution in [2.24, 2.45) is 0 Å². The highest BCUT2D eigenvalue weighted by Gasteiger charge is 2.23. The van der Waals surface area contributed by atoms with Crippen molar-refractivity contribution in [3.05, 3.63) is 0 Å². The molecule has 18 heavy (non-hydrogen) atoms. The Morgan fingerprint density at radius 3 is 2.67 bits per heavy atom. The summed E-state index contributed by atoms with van der Waals surface area (Å²) in [5.74, 6) is 0. The highest BCUT2D eigenvalue weighted by molar-refractivity contribution is 4.80. The van der Waals surface area contributed by atoms with Gasteiger partial charge in [-0.05, 0) is 40.7 Å². The number of likely N-dealkylation sites (N-methyl/N-ethyl adjacent to an activating group) is 1. The predicted octanol–water partition coefficient (Wildman–Crippen LogP) is 1.50. The summed E-state index contributed by atoms with van der Waals surface area (Å²) < 4.78 is 11.0. The van der Waals surface area contributed by atoms with E-state index in [1.54, 1.807) is 7.11 Å². The van der Waals surface area contributed by atoms with Gasteiger partial charge >= 0.3 is 0 Å². The van der Waals surface area contributed by atoms with Crippen LogP contribution >= 0.6 is 0 Å². The summed E-state index contributed by atoms with van der Waals surface area (Å²) in [5.41, 5.74) is 0.149. The molecule has 0 bridgehead atoms. The average molecular weight is 258 g/mol. The number of nitrogens with zero attached hydrogens (tertiary/aromatic N) is 1. The molecule has 0 aromatic carbocycles. The van der Waals surface area contributed by atoms with Crippen LogP contribution < -0.4 is 5.32 Å². The Morgan fingerprint density at radius 1 is 1.44 bits per heavy atom. The summed E-state index contributed by atoms with van der Waals surface area (Å²) in [6.45, 7) is 10.2. The molecule has 2 unspecified atom stereocenters. The van der Waals surface area contributed by atoms with E-state index in [4.69, 9.17) is 9.47 Å². The zero-order valence-electron chi connectivity index (χ0n) is 12.7. The van der Waals surface area contributed by atoms with E-state index in [1.165, 1.54) is 12.8 Å². The zero-order valence-corrected chi connectivity index (χ0v) is 12.7. The Morgan fingerprint density at radius 2 is 2.17 bits per heavy atom. The number of methoxy groups -OCH3 is 1. The van der Waals surface area contributed by atoms with Gasteiger partial charge in [0, 0.05) is 38.4 Å². The minimum atomic E-state index is 0.149. The van der Waals surface area contributed by atoms with E-state index in [0.29, 0.717) is 12.1 Å². The Labute approximate surface area is 112 Å². The zero-order chi connectivity index (χ0) is 13.6. The normalized spacial score (nSPS) is 22.7. The fourth-order valence-corrected chi connectivity index (χ4v) is 2.22. The second-order valence-electron chi connectivity index (χ2n) is 6.31. The first-order valence-corrected chi connectivity index (χ1v) is 6.98. The van der Waals surface area contributed by atoms with E-state index in [-0.39, 0.29) is 5.54 Å². The van der Waals surface area contributed by atoms with Crippen molar-refractivity contribution in [3.8, 4) is 0 Å². The second-order valence-corrected chi connectivity index (χ2v) is 6.31. The van der Waals surface area contributed by atoms with Gasteiger partial charge in [0.15, 0.2) is 0 Å². The molecule has 4 nitrogen and oxygen atoms in total. The van der Waals surface area contributed by atoms with Gasteiger partial charge < -0.3 is 14.8 Å². The van der Waals surface area contributed by atoms with Crippen LogP contribution in [0.15, 0.2) is 0 Å². The molecule has 1 N–H and O–H groups in total. The Bertz CT molecular complexity index is 222.